The fraction of sp³-hybridized carbons (Fsp3) is 0.889. The largest absolute Gasteiger partial charge is 0.356 e. The van der Waals surface area contributed by atoms with Gasteiger partial charge in [0, 0.05) is 12.5 Å². The number of hydrogen-bond acceptors (Lipinski definition) is 2. The molecule has 0 saturated carbocycles. The zero-order chi connectivity index (χ0) is 8.81. The van der Waals surface area contributed by atoms with Gasteiger partial charge in [-0.15, -0.1) is 0 Å². The van der Waals surface area contributed by atoms with Crippen molar-refractivity contribution in [3.63, 3.8) is 0 Å². The van der Waals surface area contributed by atoms with Crippen LogP contribution in [0.4, 0.5) is 0 Å². The minimum absolute atomic E-state index is 0.232. The van der Waals surface area contributed by atoms with Gasteiger partial charge in [-0.25, -0.2) is 0 Å². The summed E-state index contributed by atoms with van der Waals surface area (Å²) in [6.45, 7) is 1.56. The molecule has 0 radical (unpaired) electrons. The van der Waals surface area contributed by atoms with E-state index in [-0.39, 0.29) is 11.8 Å². The zero-order valence-corrected chi connectivity index (χ0v) is 7.51. The standard InChI is InChI=1S/C9H18N2O/c10-6-3-5-8-4-1-2-7-11-9(8)12/h8H,1-7,10H2,(H,11,12). The van der Waals surface area contributed by atoms with E-state index in [1.807, 2.05) is 0 Å². The summed E-state index contributed by atoms with van der Waals surface area (Å²) in [4.78, 5) is 11.4. The van der Waals surface area contributed by atoms with Gasteiger partial charge in [0.1, 0.15) is 0 Å². The predicted octanol–water partition coefficient (Wildman–Crippen LogP) is 0.642. The number of hydrogen-bond donors (Lipinski definition) is 2. The van der Waals surface area contributed by atoms with E-state index in [1.54, 1.807) is 0 Å². The van der Waals surface area contributed by atoms with Gasteiger partial charge in [0.05, 0.1) is 0 Å². The van der Waals surface area contributed by atoms with Crippen molar-refractivity contribution in [2.45, 2.75) is 32.1 Å². The molecular formula is C9H18N2O. The monoisotopic (exact) mass is 170 g/mol. The van der Waals surface area contributed by atoms with E-state index in [0.717, 1.165) is 32.2 Å². The lowest BCUT2D eigenvalue weighted by Crippen LogP contribution is -2.29. The van der Waals surface area contributed by atoms with Crippen LogP contribution in [0.5, 0.6) is 0 Å². The lowest BCUT2D eigenvalue weighted by atomic mass is 9.97. The second kappa shape index (κ2) is 5.14. The third-order valence-corrected chi connectivity index (χ3v) is 2.41. The first-order chi connectivity index (χ1) is 5.84. The number of amides is 1. The molecule has 3 nitrogen and oxygen atoms in total. The highest BCUT2D eigenvalue weighted by molar-refractivity contribution is 5.78. The van der Waals surface area contributed by atoms with Gasteiger partial charge in [0.2, 0.25) is 5.91 Å². The number of carbonyl (C=O) groups excluding carboxylic acids is 1. The maximum Gasteiger partial charge on any atom is 0.223 e. The molecule has 1 aliphatic rings. The van der Waals surface area contributed by atoms with Crippen LogP contribution < -0.4 is 11.1 Å². The van der Waals surface area contributed by atoms with Crippen LogP contribution in [0.3, 0.4) is 0 Å². The number of rotatable bonds is 3. The van der Waals surface area contributed by atoms with Gasteiger partial charge in [-0.3, -0.25) is 4.79 Å². The van der Waals surface area contributed by atoms with Gasteiger partial charge in [-0.1, -0.05) is 6.42 Å². The van der Waals surface area contributed by atoms with Gasteiger partial charge < -0.3 is 11.1 Å². The maximum atomic E-state index is 11.4. The molecule has 1 aliphatic heterocycles. The molecule has 1 atom stereocenters. The van der Waals surface area contributed by atoms with Crippen molar-refractivity contribution in [3.05, 3.63) is 0 Å². The molecule has 12 heavy (non-hydrogen) atoms. The fourth-order valence-corrected chi connectivity index (χ4v) is 1.64. The van der Waals surface area contributed by atoms with Crippen molar-refractivity contribution in [1.29, 1.82) is 0 Å². The Kier molecular flexibility index (Phi) is 4.08. The van der Waals surface area contributed by atoms with Crippen molar-refractivity contribution < 1.29 is 4.79 Å². The lowest BCUT2D eigenvalue weighted by molar-refractivity contribution is -0.124. The summed E-state index contributed by atoms with van der Waals surface area (Å²) in [5.41, 5.74) is 5.40. The summed E-state index contributed by atoms with van der Waals surface area (Å²) in [6, 6.07) is 0. The van der Waals surface area contributed by atoms with Gasteiger partial charge in [-0.05, 0) is 32.2 Å². The van der Waals surface area contributed by atoms with Gasteiger partial charge in [0.15, 0.2) is 0 Å². The van der Waals surface area contributed by atoms with Crippen LogP contribution >= 0.6 is 0 Å². The Labute approximate surface area is 73.7 Å². The van der Waals surface area contributed by atoms with Crippen LogP contribution in [-0.2, 0) is 4.79 Å². The SMILES string of the molecule is NCCCC1CCCCNC1=O. The molecule has 1 fully saturated rings. The molecule has 0 aromatic heterocycles. The van der Waals surface area contributed by atoms with Gasteiger partial charge in [0.25, 0.3) is 0 Å². The minimum Gasteiger partial charge on any atom is -0.356 e. The molecule has 1 heterocycles. The number of nitrogens with two attached hydrogens (primary N) is 1. The van der Waals surface area contributed by atoms with E-state index < -0.39 is 0 Å². The van der Waals surface area contributed by atoms with E-state index in [4.69, 9.17) is 5.73 Å². The first-order valence-electron chi connectivity index (χ1n) is 4.82. The molecule has 0 aromatic rings. The Morgan fingerprint density at radius 2 is 2.33 bits per heavy atom. The molecule has 1 rings (SSSR count). The second-order valence-electron chi connectivity index (χ2n) is 3.41. The topological polar surface area (TPSA) is 55.1 Å². The van der Waals surface area contributed by atoms with Crippen LogP contribution in [0.15, 0.2) is 0 Å². The van der Waals surface area contributed by atoms with Crippen LogP contribution in [0.2, 0.25) is 0 Å². The third kappa shape index (κ3) is 2.81. The summed E-state index contributed by atoms with van der Waals surface area (Å²) < 4.78 is 0. The molecule has 0 aliphatic carbocycles. The lowest BCUT2D eigenvalue weighted by Gasteiger charge is -2.11. The van der Waals surface area contributed by atoms with Gasteiger partial charge >= 0.3 is 0 Å². The smallest absolute Gasteiger partial charge is 0.223 e. The highest BCUT2D eigenvalue weighted by atomic mass is 16.1. The Balaban J connectivity index is 2.31. The Morgan fingerprint density at radius 1 is 1.50 bits per heavy atom. The van der Waals surface area contributed by atoms with Crippen LogP contribution in [-0.4, -0.2) is 19.0 Å². The predicted molar refractivity (Wildman–Crippen MR) is 48.6 cm³/mol. The van der Waals surface area contributed by atoms with E-state index in [9.17, 15) is 4.79 Å². The average molecular weight is 170 g/mol. The summed E-state index contributed by atoms with van der Waals surface area (Å²) >= 11 is 0. The van der Waals surface area contributed by atoms with Crippen molar-refractivity contribution >= 4 is 5.91 Å². The third-order valence-electron chi connectivity index (χ3n) is 2.41. The van der Waals surface area contributed by atoms with Crippen LogP contribution in [0, 0.1) is 5.92 Å². The molecule has 0 spiro atoms. The highest BCUT2D eigenvalue weighted by Crippen LogP contribution is 2.16. The maximum absolute atomic E-state index is 11.4. The quantitative estimate of drug-likeness (QED) is 0.653. The van der Waals surface area contributed by atoms with E-state index in [1.165, 1.54) is 6.42 Å². The van der Waals surface area contributed by atoms with Gasteiger partial charge in [-0.2, -0.15) is 0 Å². The van der Waals surface area contributed by atoms with Crippen molar-refractivity contribution in [2.24, 2.45) is 11.7 Å². The van der Waals surface area contributed by atoms with Crippen LogP contribution in [0.1, 0.15) is 32.1 Å². The van der Waals surface area contributed by atoms with Crippen molar-refractivity contribution in [1.82, 2.24) is 5.32 Å². The first kappa shape index (κ1) is 9.52. The number of carbonyl (C=O) groups is 1. The Bertz CT molecular complexity index is 147. The molecule has 0 aromatic carbocycles. The average Bonchev–Trinajstić information content (AvgIpc) is 2.27. The van der Waals surface area contributed by atoms with Crippen molar-refractivity contribution in [3.8, 4) is 0 Å². The van der Waals surface area contributed by atoms with E-state index in [0.29, 0.717) is 6.54 Å². The molecule has 1 amide bonds. The first-order valence-corrected chi connectivity index (χ1v) is 4.82. The summed E-state index contributed by atoms with van der Waals surface area (Å²) in [7, 11) is 0. The molecule has 70 valence electrons. The number of nitrogens with one attached hydrogen (secondary N) is 1. The zero-order valence-electron chi connectivity index (χ0n) is 7.51. The Morgan fingerprint density at radius 3 is 3.08 bits per heavy atom. The molecule has 3 N–H and O–H groups in total. The van der Waals surface area contributed by atoms with Crippen molar-refractivity contribution in [2.75, 3.05) is 13.1 Å². The van der Waals surface area contributed by atoms with E-state index in [2.05, 4.69) is 5.32 Å². The molecule has 1 unspecified atom stereocenters. The molecule has 1 saturated heterocycles. The molecule has 0 bridgehead atoms. The summed E-state index contributed by atoms with van der Waals surface area (Å²) in [5, 5.41) is 2.92. The second-order valence-corrected chi connectivity index (χ2v) is 3.41. The van der Waals surface area contributed by atoms with E-state index >= 15 is 0 Å². The minimum atomic E-state index is 0.232. The van der Waals surface area contributed by atoms with Crippen LogP contribution in [0.25, 0.3) is 0 Å². The molecular weight excluding hydrogens is 152 g/mol. The highest BCUT2D eigenvalue weighted by Gasteiger charge is 2.19. The Hall–Kier alpha value is -0.570. The summed E-state index contributed by atoms with van der Waals surface area (Å²) in [5.74, 6) is 0.469. The fourth-order valence-electron chi connectivity index (χ4n) is 1.64. The normalized spacial score (nSPS) is 24.8. The molecule has 3 heteroatoms. The summed E-state index contributed by atoms with van der Waals surface area (Å²) in [6.07, 6.45) is 5.28.